The number of hydrogen-bond acceptors (Lipinski definition) is 3. The normalized spacial score (nSPS) is 27.7. The number of methoxy groups -OCH3 is 1. The molecule has 0 aliphatic heterocycles. The van der Waals surface area contributed by atoms with Crippen molar-refractivity contribution in [2.75, 3.05) is 7.11 Å². The van der Waals surface area contributed by atoms with E-state index in [4.69, 9.17) is 4.74 Å². The van der Waals surface area contributed by atoms with E-state index in [0.717, 1.165) is 12.8 Å². The molecule has 0 aromatic heterocycles. The van der Waals surface area contributed by atoms with E-state index in [1.54, 1.807) is 0 Å². The number of esters is 1. The van der Waals surface area contributed by atoms with Gasteiger partial charge in [-0.15, -0.1) is 0 Å². The first-order valence-corrected chi connectivity index (χ1v) is 4.60. The lowest BCUT2D eigenvalue weighted by Crippen LogP contribution is -2.56. The lowest BCUT2D eigenvalue weighted by atomic mass is 9.45. The largest absolute Gasteiger partial charge is 0.469 e. The highest BCUT2D eigenvalue weighted by Gasteiger charge is 2.61. The van der Waals surface area contributed by atoms with Crippen LogP contribution in [0.4, 0.5) is 0 Å². The van der Waals surface area contributed by atoms with Crippen LogP contribution in [0.25, 0.3) is 0 Å². The number of ketones is 1. The number of carbonyl (C=O) groups excluding carboxylic acids is 2. The molecule has 0 unspecified atom stereocenters. The summed E-state index contributed by atoms with van der Waals surface area (Å²) in [5.41, 5.74) is -0.129. The fourth-order valence-electron chi connectivity index (χ4n) is 3.03. The van der Waals surface area contributed by atoms with Crippen molar-refractivity contribution in [3.8, 4) is 0 Å². The first-order valence-electron chi connectivity index (χ1n) is 4.60. The Bertz CT molecular complexity index is 264. The smallest absolute Gasteiger partial charge is 0.311 e. The van der Waals surface area contributed by atoms with Crippen LogP contribution in [-0.4, -0.2) is 18.9 Å². The van der Waals surface area contributed by atoms with Crippen molar-refractivity contribution < 1.29 is 14.3 Å². The Morgan fingerprint density at radius 3 is 2.31 bits per heavy atom. The fourth-order valence-corrected chi connectivity index (χ4v) is 3.03. The third-order valence-electron chi connectivity index (χ3n) is 3.35. The molecule has 0 aromatic rings. The van der Waals surface area contributed by atoms with Crippen LogP contribution in [-0.2, 0) is 14.3 Å². The average molecular weight is 182 g/mol. The molecule has 2 aliphatic carbocycles. The highest BCUT2D eigenvalue weighted by molar-refractivity contribution is 5.88. The summed E-state index contributed by atoms with van der Waals surface area (Å²) in [6.07, 6.45) is 3.02. The fraction of sp³-hybridized carbons (Fsp3) is 0.800. The van der Waals surface area contributed by atoms with Gasteiger partial charge >= 0.3 is 5.97 Å². The summed E-state index contributed by atoms with van der Waals surface area (Å²) in [5.74, 6) is 0.212. The van der Waals surface area contributed by atoms with Gasteiger partial charge in [0.2, 0.25) is 0 Å². The third kappa shape index (κ3) is 1.10. The van der Waals surface area contributed by atoms with Crippen molar-refractivity contribution in [2.24, 2.45) is 10.8 Å². The van der Waals surface area contributed by atoms with Crippen LogP contribution in [0.5, 0.6) is 0 Å². The molecule has 1 spiro atoms. The van der Waals surface area contributed by atoms with E-state index in [1.165, 1.54) is 7.11 Å². The van der Waals surface area contributed by atoms with Crippen LogP contribution in [0, 0.1) is 10.8 Å². The maximum absolute atomic E-state index is 11.3. The third-order valence-corrected chi connectivity index (χ3v) is 3.35. The lowest BCUT2D eigenvalue weighted by Gasteiger charge is -2.57. The van der Waals surface area contributed by atoms with Gasteiger partial charge in [-0.2, -0.15) is 0 Å². The molecule has 3 nitrogen and oxygen atoms in total. The van der Waals surface area contributed by atoms with Gasteiger partial charge in [-0.1, -0.05) is 0 Å². The molecule has 0 saturated heterocycles. The second-order valence-electron chi connectivity index (χ2n) is 4.80. The topological polar surface area (TPSA) is 43.4 Å². The zero-order valence-corrected chi connectivity index (χ0v) is 8.05. The van der Waals surface area contributed by atoms with E-state index in [9.17, 15) is 9.59 Å². The van der Waals surface area contributed by atoms with Gasteiger partial charge in [-0.25, -0.2) is 0 Å². The zero-order chi connectivity index (χ0) is 9.69. The summed E-state index contributed by atoms with van der Waals surface area (Å²) >= 11 is 0. The number of carbonyl (C=O) groups is 2. The van der Waals surface area contributed by atoms with Crippen molar-refractivity contribution in [1.82, 2.24) is 0 Å². The molecule has 0 amide bonds. The lowest BCUT2D eigenvalue weighted by molar-refractivity contribution is -0.178. The maximum atomic E-state index is 11.3. The molecule has 0 heterocycles. The second-order valence-corrected chi connectivity index (χ2v) is 4.80. The molecule has 0 aromatic carbocycles. The Hall–Kier alpha value is -0.860. The quantitative estimate of drug-likeness (QED) is 0.574. The SMILES string of the molecule is COC(=O)C1(C)CC2(CC(=O)C2)C1. The van der Waals surface area contributed by atoms with Crippen molar-refractivity contribution >= 4 is 11.8 Å². The van der Waals surface area contributed by atoms with Crippen molar-refractivity contribution in [1.29, 1.82) is 0 Å². The zero-order valence-electron chi connectivity index (χ0n) is 8.05. The Morgan fingerprint density at radius 1 is 1.38 bits per heavy atom. The van der Waals surface area contributed by atoms with Crippen LogP contribution < -0.4 is 0 Å². The molecule has 72 valence electrons. The van der Waals surface area contributed by atoms with Gasteiger partial charge in [0.15, 0.2) is 0 Å². The van der Waals surface area contributed by atoms with Crippen LogP contribution in [0.15, 0.2) is 0 Å². The average Bonchev–Trinajstić information content (AvgIpc) is 1.97. The standard InChI is InChI=1S/C10H14O3/c1-9(8(12)13-2)5-10(6-9)3-7(11)4-10/h3-6H2,1-2H3. The van der Waals surface area contributed by atoms with Gasteiger partial charge in [0, 0.05) is 12.8 Å². The molecule has 0 atom stereocenters. The van der Waals surface area contributed by atoms with E-state index in [-0.39, 0.29) is 16.8 Å². The predicted octanol–water partition coefficient (Wildman–Crippen LogP) is 1.31. The number of hydrogen-bond donors (Lipinski definition) is 0. The minimum Gasteiger partial charge on any atom is -0.469 e. The summed E-state index contributed by atoms with van der Waals surface area (Å²) in [4.78, 5) is 22.2. The van der Waals surface area contributed by atoms with Crippen LogP contribution >= 0.6 is 0 Å². The van der Waals surface area contributed by atoms with E-state index in [1.807, 2.05) is 6.92 Å². The summed E-state index contributed by atoms with van der Waals surface area (Å²) in [6, 6.07) is 0. The Labute approximate surface area is 77.4 Å². The van der Waals surface area contributed by atoms with Gasteiger partial charge in [-0.05, 0) is 25.2 Å². The summed E-state index contributed by atoms with van der Waals surface area (Å²) in [6.45, 7) is 1.92. The number of rotatable bonds is 1. The first-order chi connectivity index (χ1) is 6.00. The van der Waals surface area contributed by atoms with E-state index < -0.39 is 0 Å². The molecular formula is C10H14O3. The molecule has 0 N–H and O–H groups in total. The van der Waals surface area contributed by atoms with Gasteiger partial charge < -0.3 is 4.74 Å². The summed E-state index contributed by atoms with van der Waals surface area (Å²) in [7, 11) is 1.42. The molecule has 2 fully saturated rings. The first kappa shape index (κ1) is 8.73. The van der Waals surface area contributed by atoms with Gasteiger partial charge in [0.05, 0.1) is 12.5 Å². The van der Waals surface area contributed by atoms with Gasteiger partial charge in [0.25, 0.3) is 0 Å². The van der Waals surface area contributed by atoms with E-state index >= 15 is 0 Å². The number of Topliss-reactive ketones (excluding diaryl/α,β-unsaturated/α-hetero) is 1. The minimum absolute atomic E-state index is 0.127. The summed E-state index contributed by atoms with van der Waals surface area (Å²) < 4.78 is 4.72. The molecular weight excluding hydrogens is 168 g/mol. The summed E-state index contributed by atoms with van der Waals surface area (Å²) in [5, 5.41) is 0. The minimum atomic E-state index is -0.310. The van der Waals surface area contributed by atoms with Crippen LogP contribution in [0.1, 0.15) is 32.6 Å². The van der Waals surface area contributed by atoms with E-state index in [2.05, 4.69) is 0 Å². The van der Waals surface area contributed by atoms with Gasteiger partial charge in [0.1, 0.15) is 5.78 Å². The Balaban J connectivity index is 1.96. The highest BCUT2D eigenvalue weighted by Crippen LogP contribution is 2.63. The molecule has 2 saturated carbocycles. The molecule has 2 aliphatic rings. The second kappa shape index (κ2) is 2.34. The highest BCUT2D eigenvalue weighted by atomic mass is 16.5. The Morgan fingerprint density at radius 2 is 1.92 bits per heavy atom. The molecule has 3 heteroatoms. The predicted molar refractivity (Wildman–Crippen MR) is 46.0 cm³/mol. The molecule has 2 rings (SSSR count). The molecule has 0 bridgehead atoms. The van der Waals surface area contributed by atoms with Crippen LogP contribution in [0.2, 0.25) is 0 Å². The van der Waals surface area contributed by atoms with Crippen molar-refractivity contribution in [3.05, 3.63) is 0 Å². The van der Waals surface area contributed by atoms with Gasteiger partial charge in [-0.3, -0.25) is 9.59 Å². The van der Waals surface area contributed by atoms with Crippen molar-refractivity contribution in [2.45, 2.75) is 32.6 Å². The molecule has 0 radical (unpaired) electrons. The monoisotopic (exact) mass is 182 g/mol. The maximum Gasteiger partial charge on any atom is 0.311 e. The number of ether oxygens (including phenoxy) is 1. The van der Waals surface area contributed by atoms with E-state index in [0.29, 0.717) is 18.6 Å². The van der Waals surface area contributed by atoms with Crippen LogP contribution in [0.3, 0.4) is 0 Å². The Kier molecular flexibility index (Phi) is 1.57. The molecule has 13 heavy (non-hydrogen) atoms. The van der Waals surface area contributed by atoms with Crippen molar-refractivity contribution in [3.63, 3.8) is 0 Å².